The van der Waals surface area contributed by atoms with Gasteiger partial charge < -0.3 is 9.64 Å². The maximum absolute atomic E-state index is 13.8. The Bertz CT molecular complexity index is 777. The van der Waals surface area contributed by atoms with E-state index in [4.69, 9.17) is 16.3 Å². The summed E-state index contributed by atoms with van der Waals surface area (Å²) in [6.45, 7) is 2.03. The third kappa shape index (κ3) is 3.26. The van der Waals surface area contributed by atoms with Crippen LogP contribution in [-0.2, 0) is 14.9 Å². The lowest BCUT2D eigenvalue weighted by Gasteiger charge is -2.40. The number of ether oxygens (including phenoxy) is 1. The Hall–Kier alpha value is -1.49. The minimum Gasteiger partial charge on any atom is -0.381 e. The number of hydrogen-bond acceptors (Lipinski definition) is 3. The van der Waals surface area contributed by atoms with E-state index < -0.39 is 5.41 Å². The summed E-state index contributed by atoms with van der Waals surface area (Å²) in [5.41, 5.74) is 1.72. The van der Waals surface area contributed by atoms with Crippen LogP contribution in [0.2, 0.25) is 5.02 Å². The molecule has 4 rings (SSSR count). The minimum absolute atomic E-state index is 0.0321. The fourth-order valence-corrected chi connectivity index (χ4v) is 5.44. The maximum Gasteiger partial charge on any atom is 0.234 e. The molecule has 1 amide bonds. The average molecular weight is 388 g/mol. The first-order valence-electron chi connectivity index (χ1n) is 9.02. The second kappa shape index (κ2) is 7.63. The van der Waals surface area contributed by atoms with E-state index in [1.165, 1.54) is 0 Å². The van der Waals surface area contributed by atoms with Gasteiger partial charge >= 0.3 is 0 Å². The van der Waals surface area contributed by atoms with Gasteiger partial charge in [0.1, 0.15) is 5.37 Å². The number of carbonyl (C=O) groups excluding carboxylic acids is 1. The lowest BCUT2D eigenvalue weighted by molar-refractivity contribution is -0.141. The standard InChI is InChI=1S/C21H22ClNO2S/c22-18-8-4-5-16(15-18)19-23(11-14-26-19)20(24)21(9-12-25-13-10-21)17-6-2-1-3-7-17/h1-8,15,19H,9-14H2. The Morgan fingerprint density at radius 1 is 1.12 bits per heavy atom. The summed E-state index contributed by atoms with van der Waals surface area (Å²) in [6, 6.07) is 18.1. The summed E-state index contributed by atoms with van der Waals surface area (Å²) in [4.78, 5) is 15.9. The van der Waals surface area contributed by atoms with Gasteiger partial charge in [0.25, 0.3) is 0 Å². The van der Waals surface area contributed by atoms with Crippen LogP contribution in [-0.4, -0.2) is 36.3 Å². The van der Waals surface area contributed by atoms with Gasteiger partial charge in [-0.25, -0.2) is 0 Å². The fourth-order valence-electron chi connectivity index (χ4n) is 3.99. The van der Waals surface area contributed by atoms with Gasteiger partial charge in [0.2, 0.25) is 5.91 Å². The molecule has 2 aromatic carbocycles. The van der Waals surface area contributed by atoms with Crippen molar-refractivity contribution in [2.45, 2.75) is 23.6 Å². The molecule has 2 aliphatic rings. The van der Waals surface area contributed by atoms with Crippen molar-refractivity contribution < 1.29 is 9.53 Å². The molecule has 0 bridgehead atoms. The van der Waals surface area contributed by atoms with E-state index in [1.807, 2.05) is 48.2 Å². The molecular formula is C21H22ClNO2S. The molecule has 2 saturated heterocycles. The van der Waals surface area contributed by atoms with E-state index in [-0.39, 0.29) is 11.3 Å². The van der Waals surface area contributed by atoms with Gasteiger partial charge in [-0.05, 0) is 36.1 Å². The van der Waals surface area contributed by atoms with Crippen molar-refractivity contribution in [1.82, 2.24) is 4.90 Å². The summed E-state index contributed by atoms with van der Waals surface area (Å²) in [5.74, 6) is 1.17. The molecule has 2 heterocycles. The third-order valence-electron chi connectivity index (χ3n) is 5.37. The Morgan fingerprint density at radius 3 is 2.62 bits per heavy atom. The van der Waals surface area contributed by atoms with Crippen LogP contribution in [0.15, 0.2) is 54.6 Å². The number of halogens is 1. The molecule has 2 aliphatic heterocycles. The summed E-state index contributed by atoms with van der Waals surface area (Å²) in [5, 5.41) is 0.746. The summed E-state index contributed by atoms with van der Waals surface area (Å²) in [7, 11) is 0. The summed E-state index contributed by atoms with van der Waals surface area (Å²) >= 11 is 8.01. The molecule has 3 nitrogen and oxygen atoms in total. The molecule has 2 fully saturated rings. The predicted molar refractivity (Wildman–Crippen MR) is 107 cm³/mol. The van der Waals surface area contributed by atoms with Crippen LogP contribution >= 0.6 is 23.4 Å². The van der Waals surface area contributed by atoms with E-state index in [0.29, 0.717) is 18.2 Å². The van der Waals surface area contributed by atoms with Crippen LogP contribution in [0.5, 0.6) is 0 Å². The number of hydrogen-bond donors (Lipinski definition) is 0. The number of nitrogens with zero attached hydrogens (tertiary/aromatic N) is 1. The lowest BCUT2D eigenvalue weighted by atomic mass is 9.73. The van der Waals surface area contributed by atoms with Crippen molar-refractivity contribution >= 4 is 29.3 Å². The van der Waals surface area contributed by atoms with Crippen molar-refractivity contribution in [2.24, 2.45) is 0 Å². The maximum atomic E-state index is 13.8. The number of carbonyl (C=O) groups is 1. The SMILES string of the molecule is O=C(N1CCSC1c1cccc(Cl)c1)C1(c2ccccc2)CCOCC1. The summed E-state index contributed by atoms with van der Waals surface area (Å²) < 4.78 is 5.59. The molecule has 26 heavy (non-hydrogen) atoms. The first-order chi connectivity index (χ1) is 12.7. The zero-order chi connectivity index (χ0) is 18.0. The minimum atomic E-state index is -0.485. The first-order valence-corrected chi connectivity index (χ1v) is 10.4. The first kappa shape index (κ1) is 17.9. The van der Waals surface area contributed by atoms with E-state index >= 15 is 0 Å². The second-order valence-corrected chi connectivity index (χ2v) is 8.46. The molecule has 1 atom stereocenters. The Balaban J connectivity index is 1.69. The topological polar surface area (TPSA) is 29.5 Å². The van der Waals surface area contributed by atoms with E-state index in [1.54, 1.807) is 0 Å². The number of benzene rings is 2. The molecule has 0 aromatic heterocycles. The monoisotopic (exact) mass is 387 g/mol. The predicted octanol–water partition coefficient (Wildman–Crippen LogP) is 4.66. The van der Waals surface area contributed by atoms with Crippen LogP contribution in [0.25, 0.3) is 0 Å². The van der Waals surface area contributed by atoms with Gasteiger partial charge in [-0.3, -0.25) is 4.79 Å². The zero-order valence-corrected chi connectivity index (χ0v) is 16.1. The average Bonchev–Trinajstić information content (AvgIpc) is 3.18. The second-order valence-electron chi connectivity index (χ2n) is 6.84. The van der Waals surface area contributed by atoms with Gasteiger partial charge in [0.05, 0.1) is 5.41 Å². The van der Waals surface area contributed by atoms with E-state index in [0.717, 1.165) is 36.3 Å². The molecule has 0 spiro atoms. The fraction of sp³-hybridized carbons (Fsp3) is 0.381. The van der Waals surface area contributed by atoms with Crippen molar-refractivity contribution in [1.29, 1.82) is 0 Å². The lowest BCUT2D eigenvalue weighted by Crippen LogP contribution is -2.49. The van der Waals surface area contributed by atoms with Gasteiger partial charge in [-0.2, -0.15) is 0 Å². The number of amides is 1. The molecule has 136 valence electrons. The highest BCUT2D eigenvalue weighted by Gasteiger charge is 2.46. The highest BCUT2D eigenvalue weighted by atomic mass is 35.5. The highest BCUT2D eigenvalue weighted by Crippen LogP contribution is 2.44. The quantitative estimate of drug-likeness (QED) is 0.766. The van der Waals surface area contributed by atoms with Crippen molar-refractivity contribution in [3.8, 4) is 0 Å². The van der Waals surface area contributed by atoms with Crippen LogP contribution in [0.4, 0.5) is 0 Å². The third-order valence-corrected chi connectivity index (χ3v) is 6.86. The molecule has 2 aromatic rings. The van der Waals surface area contributed by atoms with Crippen molar-refractivity contribution in [2.75, 3.05) is 25.5 Å². The molecule has 0 radical (unpaired) electrons. The Labute approximate surface area is 163 Å². The smallest absolute Gasteiger partial charge is 0.234 e. The van der Waals surface area contributed by atoms with Crippen molar-refractivity contribution in [3.63, 3.8) is 0 Å². The molecule has 5 heteroatoms. The van der Waals surface area contributed by atoms with Gasteiger partial charge in [-0.15, -0.1) is 11.8 Å². The van der Waals surface area contributed by atoms with Gasteiger partial charge in [-0.1, -0.05) is 54.1 Å². The Kier molecular flexibility index (Phi) is 5.25. The number of thioether (sulfide) groups is 1. The van der Waals surface area contributed by atoms with E-state index in [9.17, 15) is 4.79 Å². The Morgan fingerprint density at radius 2 is 1.88 bits per heavy atom. The summed E-state index contributed by atoms with van der Waals surface area (Å²) in [6.07, 6.45) is 1.47. The van der Waals surface area contributed by atoms with Gasteiger partial charge in [0.15, 0.2) is 0 Å². The molecule has 0 aliphatic carbocycles. The molecular weight excluding hydrogens is 366 g/mol. The zero-order valence-electron chi connectivity index (χ0n) is 14.6. The normalized spacial score (nSPS) is 22.3. The molecule has 0 N–H and O–H groups in total. The van der Waals surface area contributed by atoms with Crippen LogP contribution in [0.1, 0.15) is 29.3 Å². The molecule has 1 unspecified atom stereocenters. The number of rotatable bonds is 3. The van der Waals surface area contributed by atoms with Crippen LogP contribution in [0, 0.1) is 0 Å². The van der Waals surface area contributed by atoms with Crippen molar-refractivity contribution in [3.05, 3.63) is 70.7 Å². The largest absolute Gasteiger partial charge is 0.381 e. The van der Waals surface area contributed by atoms with E-state index in [2.05, 4.69) is 23.1 Å². The van der Waals surface area contributed by atoms with Gasteiger partial charge in [0, 0.05) is 30.5 Å². The van der Waals surface area contributed by atoms with Crippen LogP contribution in [0.3, 0.4) is 0 Å². The highest BCUT2D eigenvalue weighted by molar-refractivity contribution is 7.99. The van der Waals surface area contributed by atoms with Crippen LogP contribution < -0.4 is 0 Å². The molecule has 0 saturated carbocycles.